The predicted molar refractivity (Wildman–Crippen MR) is 64.5 cm³/mol. The number of nitrogens with one attached hydrogen (secondary N) is 1. The van der Waals surface area contributed by atoms with E-state index in [0.717, 1.165) is 4.68 Å². The van der Waals surface area contributed by atoms with Crippen LogP contribution in [0.1, 0.15) is 12.5 Å². The third kappa shape index (κ3) is 1.89. The lowest BCUT2D eigenvalue weighted by Gasteiger charge is -2.27. The number of benzene rings is 1. The van der Waals surface area contributed by atoms with E-state index in [2.05, 4.69) is 10.4 Å². The summed E-state index contributed by atoms with van der Waals surface area (Å²) in [4.78, 5) is 0. The number of hydrogen-bond acceptors (Lipinski definition) is 3. The molecule has 0 bridgehead atoms. The monoisotopic (exact) mass is 271 g/mol. The van der Waals surface area contributed by atoms with Crippen LogP contribution in [-0.2, 0) is 0 Å². The highest BCUT2D eigenvalue weighted by molar-refractivity contribution is 5.91. The summed E-state index contributed by atoms with van der Waals surface area (Å²) in [5.41, 5.74) is 0.527. The molecule has 2 heterocycles. The molecule has 1 aromatic carbocycles. The van der Waals surface area contributed by atoms with Gasteiger partial charge >= 0.3 is 6.18 Å². The predicted octanol–water partition coefficient (Wildman–Crippen LogP) is 2.96. The van der Waals surface area contributed by atoms with Crippen LogP contribution >= 0.6 is 0 Å². The first-order valence-electron chi connectivity index (χ1n) is 5.87. The number of nitrogens with zero attached hydrogens (tertiary/aromatic N) is 2. The summed E-state index contributed by atoms with van der Waals surface area (Å²) in [6, 6.07) is 3.47. The summed E-state index contributed by atoms with van der Waals surface area (Å²) in [5, 5.41) is 7.69. The molecule has 102 valence electrons. The van der Waals surface area contributed by atoms with Gasteiger partial charge in [-0.15, -0.1) is 0 Å². The third-order valence-electron chi connectivity index (χ3n) is 3.29. The molecule has 1 aromatic heterocycles. The number of hydrogen-bond donors (Lipinski definition) is 1. The Bertz CT molecular complexity index is 620. The zero-order valence-corrected chi connectivity index (χ0v) is 10.2. The molecule has 0 amide bonds. The van der Waals surface area contributed by atoms with Gasteiger partial charge in [-0.2, -0.15) is 18.3 Å². The van der Waals surface area contributed by atoms with E-state index in [1.54, 1.807) is 18.2 Å². The van der Waals surface area contributed by atoms with Gasteiger partial charge in [0.25, 0.3) is 0 Å². The lowest BCUT2D eigenvalue weighted by atomic mass is 10.1. The van der Waals surface area contributed by atoms with Gasteiger partial charge in [-0.05, 0) is 24.6 Å². The summed E-state index contributed by atoms with van der Waals surface area (Å²) < 4.78 is 45.1. The molecule has 0 aliphatic carbocycles. The van der Waals surface area contributed by atoms with E-state index in [-0.39, 0.29) is 13.0 Å². The van der Waals surface area contributed by atoms with E-state index in [0.29, 0.717) is 22.5 Å². The minimum absolute atomic E-state index is 0.0123. The molecule has 1 aliphatic heterocycles. The summed E-state index contributed by atoms with van der Waals surface area (Å²) in [6.07, 6.45) is -4.30. The van der Waals surface area contributed by atoms with Crippen LogP contribution in [0.5, 0.6) is 5.75 Å². The highest BCUT2D eigenvalue weighted by Gasteiger charge is 2.44. The fourth-order valence-electron chi connectivity index (χ4n) is 2.36. The van der Waals surface area contributed by atoms with Crippen LogP contribution in [0.3, 0.4) is 0 Å². The molecule has 19 heavy (non-hydrogen) atoms. The molecule has 0 saturated carbocycles. The van der Waals surface area contributed by atoms with E-state index in [1.807, 2.05) is 0 Å². The first-order valence-corrected chi connectivity index (χ1v) is 5.87. The number of anilines is 1. The normalized spacial score (nSPS) is 19.1. The highest BCUT2D eigenvalue weighted by atomic mass is 19.4. The summed E-state index contributed by atoms with van der Waals surface area (Å²) in [7, 11) is 1.52. The van der Waals surface area contributed by atoms with E-state index in [4.69, 9.17) is 4.74 Å². The molecular formula is C12H12F3N3O. The van der Waals surface area contributed by atoms with E-state index in [1.165, 1.54) is 7.11 Å². The molecule has 1 aliphatic rings. The molecule has 2 aromatic rings. The Morgan fingerprint density at radius 2 is 2.21 bits per heavy atom. The van der Waals surface area contributed by atoms with Crippen LogP contribution in [0.25, 0.3) is 10.9 Å². The van der Waals surface area contributed by atoms with Crippen molar-refractivity contribution in [1.29, 1.82) is 0 Å². The lowest BCUT2D eigenvalue weighted by Crippen LogP contribution is -2.33. The van der Waals surface area contributed by atoms with Crippen LogP contribution in [0.2, 0.25) is 0 Å². The molecule has 0 saturated heterocycles. The van der Waals surface area contributed by atoms with Crippen molar-refractivity contribution in [2.75, 3.05) is 19.0 Å². The summed E-state index contributed by atoms with van der Waals surface area (Å²) >= 11 is 0. The van der Waals surface area contributed by atoms with Crippen molar-refractivity contribution in [3.8, 4) is 5.75 Å². The first kappa shape index (κ1) is 12.1. The highest BCUT2D eigenvalue weighted by Crippen LogP contribution is 2.40. The molecule has 4 nitrogen and oxygen atoms in total. The number of fused-ring (bicyclic) bond motifs is 3. The Morgan fingerprint density at radius 1 is 1.42 bits per heavy atom. The van der Waals surface area contributed by atoms with Crippen molar-refractivity contribution in [3.05, 3.63) is 18.2 Å². The molecule has 1 N–H and O–H groups in total. The van der Waals surface area contributed by atoms with Crippen molar-refractivity contribution >= 4 is 16.7 Å². The van der Waals surface area contributed by atoms with Crippen molar-refractivity contribution in [2.45, 2.75) is 18.6 Å². The largest absolute Gasteiger partial charge is 0.497 e. The van der Waals surface area contributed by atoms with E-state index < -0.39 is 12.2 Å². The fourth-order valence-corrected chi connectivity index (χ4v) is 2.36. The van der Waals surface area contributed by atoms with Crippen LogP contribution in [-0.4, -0.2) is 29.6 Å². The van der Waals surface area contributed by atoms with Crippen LogP contribution in [0, 0.1) is 0 Å². The maximum atomic E-state index is 13.0. The van der Waals surface area contributed by atoms with Crippen LogP contribution in [0.4, 0.5) is 19.0 Å². The zero-order valence-electron chi connectivity index (χ0n) is 10.2. The Balaban J connectivity index is 2.18. The first-order chi connectivity index (χ1) is 9.00. The van der Waals surface area contributed by atoms with Gasteiger partial charge in [-0.25, -0.2) is 4.68 Å². The number of alkyl halides is 3. The number of halogens is 3. The Labute approximate surface area is 107 Å². The number of methoxy groups -OCH3 is 1. The third-order valence-corrected chi connectivity index (χ3v) is 3.29. The van der Waals surface area contributed by atoms with Gasteiger partial charge in [0.1, 0.15) is 11.6 Å². The van der Waals surface area contributed by atoms with Gasteiger partial charge in [0, 0.05) is 11.9 Å². The second kappa shape index (κ2) is 4.04. The second-order valence-corrected chi connectivity index (χ2v) is 4.45. The van der Waals surface area contributed by atoms with Crippen molar-refractivity contribution < 1.29 is 17.9 Å². The topological polar surface area (TPSA) is 39.1 Å². The van der Waals surface area contributed by atoms with Gasteiger partial charge in [0.05, 0.1) is 12.6 Å². The molecule has 1 unspecified atom stereocenters. The van der Waals surface area contributed by atoms with Gasteiger partial charge < -0.3 is 10.1 Å². The Hall–Kier alpha value is -1.92. The van der Waals surface area contributed by atoms with Crippen molar-refractivity contribution in [2.24, 2.45) is 0 Å². The van der Waals surface area contributed by atoms with Crippen LogP contribution in [0.15, 0.2) is 18.2 Å². The van der Waals surface area contributed by atoms with Gasteiger partial charge in [-0.1, -0.05) is 0 Å². The number of rotatable bonds is 1. The number of aromatic nitrogens is 2. The summed E-state index contributed by atoms with van der Waals surface area (Å²) in [5.74, 6) is 1.00. The smallest absolute Gasteiger partial charge is 0.410 e. The SMILES string of the molecule is COc1ccc2nn3c(c2c1)NCCC3C(F)(F)F. The average molecular weight is 271 g/mol. The molecule has 0 fully saturated rings. The maximum absolute atomic E-state index is 13.0. The minimum Gasteiger partial charge on any atom is -0.497 e. The molecule has 0 spiro atoms. The van der Waals surface area contributed by atoms with Gasteiger partial charge in [-0.3, -0.25) is 0 Å². The fraction of sp³-hybridized carbons (Fsp3) is 0.417. The second-order valence-electron chi connectivity index (χ2n) is 4.45. The molecule has 1 atom stereocenters. The molecule has 3 rings (SSSR count). The standard InChI is InChI=1S/C12H12F3N3O/c1-19-7-2-3-9-8(6-7)11-16-5-4-10(12(13,14)15)18(11)17-9/h2-3,6,10,16H,4-5H2,1H3. The molecule has 0 radical (unpaired) electrons. The minimum atomic E-state index is -4.29. The van der Waals surface area contributed by atoms with Crippen molar-refractivity contribution in [1.82, 2.24) is 9.78 Å². The van der Waals surface area contributed by atoms with E-state index >= 15 is 0 Å². The van der Waals surface area contributed by atoms with Gasteiger partial charge in [0.2, 0.25) is 0 Å². The average Bonchev–Trinajstić information content (AvgIpc) is 2.74. The summed E-state index contributed by atoms with van der Waals surface area (Å²) in [6.45, 7) is 0.280. The zero-order chi connectivity index (χ0) is 13.6. The molecule has 7 heteroatoms. The quantitative estimate of drug-likeness (QED) is 0.866. The van der Waals surface area contributed by atoms with Crippen molar-refractivity contribution in [3.63, 3.8) is 0 Å². The lowest BCUT2D eigenvalue weighted by molar-refractivity contribution is -0.171. The number of ether oxygens (including phenoxy) is 1. The molecular weight excluding hydrogens is 259 g/mol. The maximum Gasteiger partial charge on any atom is 0.410 e. The van der Waals surface area contributed by atoms with Crippen LogP contribution < -0.4 is 10.1 Å². The van der Waals surface area contributed by atoms with Gasteiger partial charge in [0.15, 0.2) is 6.04 Å². The Kier molecular flexibility index (Phi) is 2.58. The van der Waals surface area contributed by atoms with E-state index in [9.17, 15) is 13.2 Å². The Morgan fingerprint density at radius 3 is 2.89 bits per heavy atom.